The van der Waals surface area contributed by atoms with Gasteiger partial charge in [-0.25, -0.2) is 4.98 Å². The van der Waals surface area contributed by atoms with Crippen LogP contribution in [0.4, 0.5) is 0 Å². The summed E-state index contributed by atoms with van der Waals surface area (Å²) in [5.74, 6) is 0.929. The predicted molar refractivity (Wildman–Crippen MR) is 117 cm³/mol. The minimum absolute atomic E-state index is 0.0305. The number of hydrogen-bond donors (Lipinski definition) is 1. The SMILES string of the molecule is COc1cc(C(=O)NCCCOC(C)c2ccccc2)ccc1OCc1cscn1. The van der Waals surface area contributed by atoms with Crippen molar-refractivity contribution in [2.45, 2.75) is 26.1 Å². The quantitative estimate of drug-likeness (QED) is 0.453. The van der Waals surface area contributed by atoms with E-state index in [9.17, 15) is 4.79 Å². The molecule has 1 N–H and O–H groups in total. The first-order chi connectivity index (χ1) is 14.7. The molecule has 30 heavy (non-hydrogen) atoms. The number of thiazole rings is 1. The van der Waals surface area contributed by atoms with Gasteiger partial charge in [0.25, 0.3) is 5.91 Å². The fraction of sp³-hybridized carbons (Fsp3) is 0.304. The van der Waals surface area contributed by atoms with E-state index in [2.05, 4.69) is 10.3 Å². The Labute approximate surface area is 180 Å². The second-order valence-electron chi connectivity index (χ2n) is 6.67. The fourth-order valence-electron chi connectivity index (χ4n) is 2.85. The van der Waals surface area contributed by atoms with Gasteiger partial charge in [0.2, 0.25) is 0 Å². The van der Waals surface area contributed by atoms with E-state index in [1.165, 1.54) is 11.3 Å². The standard InChI is InChI=1S/C23H26N2O4S/c1-17(18-7-4-3-5-8-18)28-12-6-11-24-23(26)19-9-10-21(22(13-19)27-2)29-14-20-15-30-16-25-20/h3-5,7-10,13,15-17H,6,11-12,14H2,1-2H3,(H,24,26). The molecule has 158 valence electrons. The molecule has 3 aromatic rings. The van der Waals surface area contributed by atoms with Crippen LogP contribution in [0.2, 0.25) is 0 Å². The van der Waals surface area contributed by atoms with Crippen molar-refractivity contribution < 1.29 is 19.0 Å². The Morgan fingerprint density at radius 2 is 2.00 bits per heavy atom. The number of ether oxygens (including phenoxy) is 3. The first kappa shape index (κ1) is 21.8. The van der Waals surface area contributed by atoms with Gasteiger partial charge < -0.3 is 19.5 Å². The third kappa shape index (κ3) is 6.30. The Morgan fingerprint density at radius 3 is 2.73 bits per heavy atom. The van der Waals surface area contributed by atoms with Gasteiger partial charge in [0.05, 0.1) is 24.4 Å². The first-order valence-corrected chi connectivity index (χ1v) is 10.7. The van der Waals surface area contributed by atoms with Gasteiger partial charge in [0.15, 0.2) is 11.5 Å². The number of carbonyl (C=O) groups excluding carboxylic acids is 1. The lowest BCUT2D eigenvalue weighted by Gasteiger charge is -2.14. The molecule has 1 amide bonds. The minimum Gasteiger partial charge on any atom is -0.493 e. The second-order valence-corrected chi connectivity index (χ2v) is 7.39. The van der Waals surface area contributed by atoms with Crippen LogP contribution in [0.3, 0.4) is 0 Å². The number of aromatic nitrogens is 1. The van der Waals surface area contributed by atoms with E-state index in [4.69, 9.17) is 14.2 Å². The molecule has 0 radical (unpaired) electrons. The second kappa shape index (κ2) is 11.3. The smallest absolute Gasteiger partial charge is 0.251 e. The van der Waals surface area contributed by atoms with Crippen LogP contribution < -0.4 is 14.8 Å². The normalized spacial score (nSPS) is 11.7. The van der Waals surface area contributed by atoms with Gasteiger partial charge in [-0.05, 0) is 37.1 Å². The van der Waals surface area contributed by atoms with E-state index < -0.39 is 0 Å². The number of methoxy groups -OCH3 is 1. The molecule has 0 aliphatic rings. The Hall–Kier alpha value is -2.90. The lowest BCUT2D eigenvalue weighted by atomic mass is 10.1. The van der Waals surface area contributed by atoms with E-state index in [1.54, 1.807) is 30.8 Å². The molecule has 0 bridgehead atoms. The third-order valence-corrected chi connectivity index (χ3v) is 5.16. The van der Waals surface area contributed by atoms with Crippen molar-refractivity contribution in [2.75, 3.05) is 20.3 Å². The van der Waals surface area contributed by atoms with Crippen LogP contribution in [-0.4, -0.2) is 31.2 Å². The largest absolute Gasteiger partial charge is 0.493 e. The maximum atomic E-state index is 12.4. The maximum absolute atomic E-state index is 12.4. The van der Waals surface area contributed by atoms with Gasteiger partial charge in [-0.3, -0.25) is 4.79 Å². The molecule has 0 spiro atoms. The Bertz CT molecular complexity index is 916. The van der Waals surface area contributed by atoms with Crippen LogP contribution in [0.5, 0.6) is 11.5 Å². The van der Waals surface area contributed by atoms with Gasteiger partial charge in [-0.1, -0.05) is 30.3 Å². The van der Waals surface area contributed by atoms with Crippen molar-refractivity contribution in [3.05, 3.63) is 76.2 Å². The molecule has 0 aliphatic heterocycles. The highest BCUT2D eigenvalue weighted by atomic mass is 32.1. The minimum atomic E-state index is -0.157. The van der Waals surface area contributed by atoms with Crippen molar-refractivity contribution in [2.24, 2.45) is 0 Å². The highest BCUT2D eigenvalue weighted by Gasteiger charge is 2.12. The molecule has 6 nitrogen and oxygen atoms in total. The molecule has 1 aromatic heterocycles. The Balaban J connectivity index is 1.43. The number of nitrogens with one attached hydrogen (secondary N) is 1. The molecule has 0 aliphatic carbocycles. The molecule has 0 saturated heterocycles. The number of rotatable bonds is 11. The maximum Gasteiger partial charge on any atom is 0.251 e. The highest BCUT2D eigenvalue weighted by molar-refractivity contribution is 7.07. The van der Waals surface area contributed by atoms with Crippen molar-refractivity contribution >= 4 is 17.2 Å². The molecule has 1 heterocycles. The van der Waals surface area contributed by atoms with Crippen molar-refractivity contribution in [1.82, 2.24) is 10.3 Å². The van der Waals surface area contributed by atoms with Gasteiger partial charge in [0.1, 0.15) is 6.61 Å². The number of hydrogen-bond acceptors (Lipinski definition) is 6. The molecule has 3 rings (SSSR count). The summed E-state index contributed by atoms with van der Waals surface area (Å²) in [6.07, 6.45) is 0.762. The number of benzene rings is 2. The summed E-state index contributed by atoms with van der Waals surface area (Å²) >= 11 is 1.52. The molecular weight excluding hydrogens is 400 g/mol. The van der Waals surface area contributed by atoms with Crippen LogP contribution in [-0.2, 0) is 11.3 Å². The molecule has 2 aromatic carbocycles. The van der Waals surface area contributed by atoms with E-state index >= 15 is 0 Å². The summed E-state index contributed by atoms with van der Waals surface area (Å²) in [4.78, 5) is 16.6. The monoisotopic (exact) mass is 426 g/mol. The average Bonchev–Trinajstić information content (AvgIpc) is 3.31. The molecule has 7 heteroatoms. The van der Waals surface area contributed by atoms with Crippen molar-refractivity contribution in [3.8, 4) is 11.5 Å². The van der Waals surface area contributed by atoms with Crippen LogP contribution in [0.1, 0.15) is 41.1 Å². The highest BCUT2D eigenvalue weighted by Crippen LogP contribution is 2.29. The molecule has 1 atom stereocenters. The average molecular weight is 427 g/mol. The Morgan fingerprint density at radius 1 is 1.17 bits per heavy atom. The molecule has 1 unspecified atom stereocenters. The summed E-state index contributed by atoms with van der Waals surface area (Å²) in [5.41, 5.74) is 4.28. The Kier molecular flexibility index (Phi) is 8.23. The van der Waals surface area contributed by atoms with Gasteiger partial charge in [-0.15, -0.1) is 11.3 Å². The van der Waals surface area contributed by atoms with Crippen LogP contribution >= 0.6 is 11.3 Å². The van der Waals surface area contributed by atoms with Crippen LogP contribution in [0.25, 0.3) is 0 Å². The van der Waals surface area contributed by atoms with Gasteiger partial charge >= 0.3 is 0 Å². The zero-order chi connectivity index (χ0) is 21.2. The summed E-state index contributed by atoms with van der Waals surface area (Å²) in [7, 11) is 1.55. The van der Waals surface area contributed by atoms with E-state index in [0.717, 1.165) is 17.7 Å². The van der Waals surface area contributed by atoms with Crippen LogP contribution in [0, 0.1) is 0 Å². The topological polar surface area (TPSA) is 69.7 Å². The number of nitrogens with zero attached hydrogens (tertiary/aromatic N) is 1. The number of amides is 1. The number of carbonyl (C=O) groups is 1. The predicted octanol–water partition coefficient (Wildman–Crippen LogP) is 4.63. The summed E-state index contributed by atoms with van der Waals surface area (Å²) in [6.45, 7) is 3.48. The van der Waals surface area contributed by atoms with Crippen molar-refractivity contribution in [1.29, 1.82) is 0 Å². The van der Waals surface area contributed by atoms with Gasteiger partial charge in [0, 0.05) is 24.1 Å². The zero-order valence-corrected chi connectivity index (χ0v) is 18.0. The van der Waals surface area contributed by atoms with E-state index in [0.29, 0.717) is 36.8 Å². The van der Waals surface area contributed by atoms with Crippen molar-refractivity contribution in [3.63, 3.8) is 0 Å². The molecule has 0 saturated carbocycles. The lowest BCUT2D eigenvalue weighted by molar-refractivity contribution is 0.0635. The molecule has 0 fully saturated rings. The van der Waals surface area contributed by atoms with Crippen LogP contribution in [0.15, 0.2) is 59.4 Å². The van der Waals surface area contributed by atoms with Gasteiger partial charge in [-0.2, -0.15) is 0 Å². The lowest BCUT2D eigenvalue weighted by Crippen LogP contribution is -2.25. The first-order valence-electron chi connectivity index (χ1n) is 9.80. The van der Waals surface area contributed by atoms with E-state index in [1.807, 2.05) is 42.6 Å². The summed E-state index contributed by atoms with van der Waals surface area (Å²) in [5, 5.41) is 4.84. The summed E-state index contributed by atoms with van der Waals surface area (Å²) < 4.78 is 17.0. The zero-order valence-electron chi connectivity index (χ0n) is 17.2. The molecular formula is C23H26N2O4S. The fourth-order valence-corrected chi connectivity index (χ4v) is 3.39. The van der Waals surface area contributed by atoms with E-state index in [-0.39, 0.29) is 12.0 Å². The third-order valence-electron chi connectivity index (χ3n) is 4.53. The summed E-state index contributed by atoms with van der Waals surface area (Å²) in [6, 6.07) is 15.2.